The number of carbonyl (C=O) groups is 1. The average molecular weight is 453 g/mol. The van der Waals surface area contributed by atoms with Gasteiger partial charge in [0, 0.05) is 0 Å². The van der Waals surface area contributed by atoms with Gasteiger partial charge in [0.25, 0.3) is 0 Å². The number of aromatic carboxylic acids is 1. The van der Waals surface area contributed by atoms with Crippen molar-refractivity contribution in [2.45, 2.75) is 78.1 Å². The molecule has 0 aromatic heterocycles. The second-order valence-corrected chi connectivity index (χ2v) is 9.34. The SMILES string of the molecule is CCCCCC1CCC(CCCOc2ccc(-c3cc(OCC)ccc3C(=O)O)cc2)CC1. The number of ether oxygens (including phenoxy) is 2. The summed E-state index contributed by atoms with van der Waals surface area (Å²) < 4.78 is 11.5. The number of carboxylic acid groups (broad SMARTS) is 1. The molecule has 1 N–H and O–H groups in total. The molecule has 4 heteroatoms. The maximum atomic E-state index is 11.6. The van der Waals surface area contributed by atoms with Crippen molar-refractivity contribution in [3.8, 4) is 22.6 Å². The van der Waals surface area contributed by atoms with Gasteiger partial charge in [-0.05, 0) is 73.1 Å². The van der Waals surface area contributed by atoms with Gasteiger partial charge in [-0.15, -0.1) is 0 Å². The predicted octanol–water partition coefficient (Wildman–Crippen LogP) is 8.00. The van der Waals surface area contributed by atoms with Crippen LogP contribution in [0.4, 0.5) is 0 Å². The van der Waals surface area contributed by atoms with E-state index < -0.39 is 5.97 Å². The van der Waals surface area contributed by atoms with Crippen LogP contribution in [0, 0.1) is 11.8 Å². The number of benzene rings is 2. The van der Waals surface area contributed by atoms with E-state index in [1.54, 1.807) is 18.2 Å². The monoisotopic (exact) mass is 452 g/mol. The van der Waals surface area contributed by atoms with Gasteiger partial charge in [0.1, 0.15) is 11.5 Å². The minimum atomic E-state index is -0.941. The molecule has 0 heterocycles. The molecule has 180 valence electrons. The van der Waals surface area contributed by atoms with Gasteiger partial charge in [0.15, 0.2) is 0 Å². The van der Waals surface area contributed by atoms with Gasteiger partial charge in [-0.25, -0.2) is 4.79 Å². The summed E-state index contributed by atoms with van der Waals surface area (Å²) in [7, 11) is 0. The van der Waals surface area contributed by atoms with Crippen molar-refractivity contribution in [3.63, 3.8) is 0 Å². The van der Waals surface area contributed by atoms with Crippen molar-refractivity contribution in [3.05, 3.63) is 48.0 Å². The first-order chi connectivity index (χ1) is 16.1. The fourth-order valence-electron chi connectivity index (χ4n) is 4.99. The lowest BCUT2D eigenvalue weighted by atomic mass is 9.78. The summed E-state index contributed by atoms with van der Waals surface area (Å²) in [5, 5.41) is 9.55. The van der Waals surface area contributed by atoms with Crippen molar-refractivity contribution < 1.29 is 19.4 Å². The molecule has 1 aliphatic carbocycles. The summed E-state index contributed by atoms with van der Waals surface area (Å²) in [6, 6.07) is 12.8. The number of carboxylic acids is 1. The Kier molecular flexibility index (Phi) is 10.1. The topological polar surface area (TPSA) is 55.8 Å². The van der Waals surface area contributed by atoms with Crippen molar-refractivity contribution in [2.75, 3.05) is 13.2 Å². The Morgan fingerprint density at radius 2 is 1.48 bits per heavy atom. The minimum absolute atomic E-state index is 0.271. The Morgan fingerprint density at radius 1 is 0.848 bits per heavy atom. The summed E-state index contributed by atoms with van der Waals surface area (Å²) in [4.78, 5) is 11.6. The van der Waals surface area contributed by atoms with Crippen LogP contribution in [0.15, 0.2) is 42.5 Å². The highest BCUT2D eigenvalue weighted by molar-refractivity contribution is 5.96. The third-order valence-electron chi connectivity index (χ3n) is 6.91. The fourth-order valence-corrected chi connectivity index (χ4v) is 4.99. The summed E-state index contributed by atoms with van der Waals surface area (Å²) >= 11 is 0. The molecule has 0 spiro atoms. The molecular weight excluding hydrogens is 412 g/mol. The highest BCUT2D eigenvalue weighted by atomic mass is 16.5. The molecule has 4 nitrogen and oxygen atoms in total. The van der Waals surface area contributed by atoms with Crippen LogP contribution >= 0.6 is 0 Å². The molecule has 0 radical (unpaired) electrons. The molecule has 0 amide bonds. The molecule has 3 rings (SSSR count). The maximum absolute atomic E-state index is 11.6. The lowest BCUT2D eigenvalue weighted by Gasteiger charge is -2.28. The van der Waals surface area contributed by atoms with Gasteiger partial charge in [-0.2, -0.15) is 0 Å². The van der Waals surface area contributed by atoms with Crippen LogP contribution < -0.4 is 9.47 Å². The van der Waals surface area contributed by atoms with Crippen molar-refractivity contribution in [2.24, 2.45) is 11.8 Å². The lowest BCUT2D eigenvalue weighted by Crippen LogP contribution is -2.15. The summed E-state index contributed by atoms with van der Waals surface area (Å²) in [5.41, 5.74) is 1.77. The normalized spacial score (nSPS) is 18.1. The second kappa shape index (κ2) is 13.3. The maximum Gasteiger partial charge on any atom is 0.336 e. The van der Waals surface area contributed by atoms with Crippen LogP contribution in [0.25, 0.3) is 11.1 Å². The molecule has 0 bridgehead atoms. The van der Waals surface area contributed by atoms with Crippen LogP contribution in [-0.4, -0.2) is 24.3 Å². The van der Waals surface area contributed by atoms with E-state index >= 15 is 0 Å². The van der Waals surface area contributed by atoms with Gasteiger partial charge < -0.3 is 14.6 Å². The molecule has 1 saturated carbocycles. The van der Waals surface area contributed by atoms with Crippen molar-refractivity contribution in [1.29, 1.82) is 0 Å². The lowest BCUT2D eigenvalue weighted by molar-refractivity contribution is 0.0697. The standard InChI is InChI=1S/C29H40O4/c1-3-5-6-8-22-10-12-23(13-11-22)9-7-20-33-25-16-14-24(15-17-25)28-21-26(32-4-2)18-19-27(28)29(30)31/h14-19,21-23H,3-13,20H2,1-2H3,(H,30,31). The second-order valence-electron chi connectivity index (χ2n) is 9.34. The summed E-state index contributed by atoms with van der Waals surface area (Å²) in [6.07, 6.45) is 13.5. The number of unbranched alkanes of at least 4 members (excludes halogenated alkanes) is 2. The highest BCUT2D eigenvalue weighted by Crippen LogP contribution is 2.34. The van der Waals surface area contributed by atoms with E-state index in [0.717, 1.165) is 36.2 Å². The smallest absolute Gasteiger partial charge is 0.336 e. The number of rotatable bonds is 13. The van der Waals surface area contributed by atoms with Gasteiger partial charge in [-0.1, -0.05) is 70.4 Å². The van der Waals surface area contributed by atoms with Crippen LogP contribution in [0.1, 0.15) is 88.4 Å². The Hall–Kier alpha value is -2.49. The Morgan fingerprint density at radius 3 is 2.09 bits per heavy atom. The highest BCUT2D eigenvalue weighted by Gasteiger charge is 2.20. The first-order valence-corrected chi connectivity index (χ1v) is 12.8. The zero-order valence-corrected chi connectivity index (χ0v) is 20.4. The van der Waals surface area contributed by atoms with Crippen molar-refractivity contribution >= 4 is 5.97 Å². The fraction of sp³-hybridized carbons (Fsp3) is 0.552. The zero-order valence-electron chi connectivity index (χ0n) is 20.4. The Balaban J connectivity index is 1.44. The van der Waals surface area contributed by atoms with E-state index in [1.165, 1.54) is 57.8 Å². The first-order valence-electron chi connectivity index (χ1n) is 12.8. The largest absolute Gasteiger partial charge is 0.494 e. The van der Waals surface area contributed by atoms with Gasteiger partial charge >= 0.3 is 5.97 Å². The quantitative estimate of drug-likeness (QED) is 0.313. The Bertz CT molecular complexity index is 850. The van der Waals surface area contributed by atoms with Crippen LogP contribution in [0.5, 0.6) is 11.5 Å². The molecule has 1 aliphatic rings. The number of hydrogen-bond donors (Lipinski definition) is 1. The van der Waals surface area contributed by atoms with Gasteiger partial charge in [-0.3, -0.25) is 0 Å². The molecule has 33 heavy (non-hydrogen) atoms. The summed E-state index contributed by atoms with van der Waals surface area (Å²) in [6.45, 7) is 5.47. The molecular formula is C29H40O4. The van der Waals surface area contributed by atoms with E-state index in [4.69, 9.17) is 9.47 Å². The van der Waals surface area contributed by atoms with Crippen molar-refractivity contribution in [1.82, 2.24) is 0 Å². The molecule has 2 aromatic carbocycles. The van der Waals surface area contributed by atoms with Crippen LogP contribution in [0.2, 0.25) is 0 Å². The van der Waals surface area contributed by atoms with Gasteiger partial charge in [0.2, 0.25) is 0 Å². The molecule has 2 aromatic rings. The van der Waals surface area contributed by atoms with E-state index in [-0.39, 0.29) is 5.56 Å². The van der Waals surface area contributed by atoms with Crippen LogP contribution in [0.3, 0.4) is 0 Å². The molecule has 0 aliphatic heterocycles. The van der Waals surface area contributed by atoms with E-state index in [1.807, 2.05) is 31.2 Å². The van der Waals surface area contributed by atoms with Crippen LogP contribution in [-0.2, 0) is 0 Å². The number of hydrogen-bond acceptors (Lipinski definition) is 3. The third kappa shape index (κ3) is 7.80. The first kappa shape index (κ1) is 25.1. The average Bonchev–Trinajstić information content (AvgIpc) is 2.83. The third-order valence-corrected chi connectivity index (χ3v) is 6.91. The molecule has 1 fully saturated rings. The molecule has 0 atom stereocenters. The van der Waals surface area contributed by atoms with Gasteiger partial charge in [0.05, 0.1) is 18.8 Å². The van der Waals surface area contributed by atoms with E-state index in [2.05, 4.69) is 6.92 Å². The molecule has 0 saturated heterocycles. The molecule has 0 unspecified atom stereocenters. The minimum Gasteiger partial charge on any atom is -0.494 e. The zero-order chi connectivity index (χ0) is 23.5. The predicted molar refractivity (Wildman–Crippen MR) is 134 cm³/mol. The summed E-state index contributed by atoms with van der Waals surface area (Å²) in [5.74, 6) is 2.40. The van der Waals surface area contributed by atoms with E-state index in [9.17, 15) is 9.90 Å². The Labute approximate surface area is 199 Å². The van der Waals surface area contributed by atoms with E-state index in [0.29, 0.717) is 17.9 Å².